The van der Waals surface area contributed by atoms with Gasteiger partial charge >= 0.3 is 6.03 Å². The molecule has 2 aromatic rings. The minimum absolute atomic E-state index is 0.239. The van der Waals surface area contributed by atoms with Crippen LogP contribution in [0.25, 0.3) is 0 Å². The third-order valence-electron chi connectivity index (χ3n) is 4.58. The van der Waals surface area contributed by atoms with E-state index in [-0.39, 0.29) is 6.03 Å². The Morgan fingerprint density at radius 1 is 1.14 bits per heavy atom. The summed E-state index contributed by atoms with van der Waals surface area (Å²) in [5.41, 5.74) is 2.77. The number of hydrogen-bond donors (Lipinski definition) is 2. The van der Waals surface area contributed by atoms with E-state index in [2.05, 4.69) is 20.5 Å². The molecule has 1 aliphatic heterocycles. The second-order valence-electron chi connectivity index (χ2n) is 6.77. The fourth-order valence-electron chi connectivity index (χ4n) is 3.12. The van der Waals surface area contributed by atoms with Crippen molar-refractivity contribution >= 4 is 17.5 Å². The molecule has 28 heavy (non-hydrogen) atoms. The molecule has 1 aromatic heterocycles. The highest BCUT2D eigenvalue weighted by Gasteiger charge is 2.13. The molecule has 0 unspecified atom stereocenters. The van der Waals surface area contributed by atoms with Crippen LogP contribution in [0.5, 0.6) is 0 Å². The number of rotatable bonds is 9. The quantitative estimate of drug-likeness (QED) is 0.650. The van der Waals surface area contributed by atoms with E-state index in [9.17, 15) is 4.79 Å². The van der Waals surface area contributed by atoms with Gasteiger partial charge in [-0.2, -0.15) is 0 Å². The first-order chi connectivity index (χ1) is 13.7. The number of urea groups is 1. The van der Waals surface area contributed by atoms with Gasteiger partial charge in [0.1, 0.15) is 5.82 Å². The molecule has 0 atom stereocenters. The van der Waals surface area contributed by atoms with Gasteiger partial charge in [0.15, 0.2) is 0 Å². The van der Waals surface area contributed by atoms with Gasteiger partial charge in [-0.15, -0.1) is 0 Å². The molecule has 0 spiro atoms. The Kier molecular flexibility index (Phi) is 7.63. The summed E-state index contributed by atoms with van der Waals surface area (Å²) in [6, 6.07) is 11.4. The van der Waals surface area contributed by atoms with E-state index in [1.54, 1.807) is 13.3 Å². The average molecular weight is 384 g/mol. The molecule has 2 N–H and O–H groups in total. The van der Waals surface area contributed by atoms with Crippen LogP contribution in [0.1, 0.15) is 24.0 Å². The fourth-order valence-corrected chi connectivity index (χ4v) is 3.12. The number of benzene rings is 1. The SMILES string of the molecule is COCCOCc1cccc(NC(=O)NCc2ccnc(N3CCCC3)c2)c1. The van der Waals surface area contributed by atoms with Crippen LogP contribution >= 0.6 is 0 Å². The maximum absolute atomic E-state index is 12.2. The molecule has 2 amide bonds. The van der Waals surface area contributed by atoms with Crippen molar-refractivity contribution in [3.63, 3.8) is 0 Å². The zero-order valence-electron chi connectivity index (χ0n) is 16.3. The summed E-state index contributed by atoms with van der Waals surface area (Å²) in [4.78, 5) is 19.0. The number of ether oxygens (including phenoxy) is 2. The highest BCUT2D eigenvalue weighted by atomic mass is 16.5. The number of carbonyl (C=O) groups excluding carboxylic acids is 1. The van der Waals surface area contributed by atoms with Crippen molar-refractivity contribution in [1.29, 1.82) is 0 Å². The minimum atomic E-state index is -0.239. The number of pyridine rings is 1. The molecular formula is C21H28N4O3. The van der Waals surface area contributed by atoms with E-state index >= 15 is 0 Å². The van der Waals surface area contributed by atoms with Crippen molar-refractivity contribution in [1.82, 2.24) is 10.3 Å². The van der Waals surface area contributed by atoms with Crippen molar-refractivity contribution in [2.45, 2.75) is 26.0 Å². The lowest BCUT2D eigenvalue weighted by Gasteiger charge is -2.17. The summed E-state index contributed by atoms with van der Waals surface area (Å²) in [6.07, 6.45) is 4.22. The molecule has 1 aliphatic rings. The third kappa shape index (κ3) is 6.21. The van der Waals surface area contributed by atoms with Crippen molar-refractivity contribution in [3.8, 4) is 0 Å². The van der Waals surface area contributed by atoms with Crippen LogP contribution in [0, 0.1) is 0 Å². The summed E-state index contributed by atoms with van der Waals surface area (Å²) in [7, 11) is 1.64. The minimum Gasteiger partial charge on any atom is -0.382 e. The molecule has 150 valence electrons. The molecule has 7 heteroatoms. The lowest BCUT2D eigenvalue weighted by molar-refractivity contribution is 0.0617. The Bertz CT molecular complexity index is 763. The van der Waals surface area contributed by atoms with E-state index in [0.717, 1.165) is 35.7 Å². The molecule has 7 nitrogen and oxygen atoms in total. The fraction of sp³-hybridized carbons (Fsp3) is 0.429. The monoisotopic (exact) mass is 384 g/mol. The summed E-state index contributed by atoms with van der Waals surface area (Å²) >= 11 is 0. The lowest BCUT2D eigenvalue weighted by atomic mass is 10.2. The molecular weight excluding hydrogens is 356 g/mol. The van der Waals surface area contributed by atoms with E-state index in [1.165, 1.54) is 12.8 Å². The Morgan fingerprint density at radius 3 is 2.82 bits per heavy atom. The van der Waals surface area contributed by atoms with E-state index in [0.29, 0.717) is 26.4 Å². The normalized spacial score (nSPS) is 13.5. The van der Waals surface area contributed by atoms with Gasteiger partial charge in [0, 0.05) is 38.6 Å². The molecule has 1 fully saturated rings. The van der Waals surface area contributed by atoms with Gasteiger partial charge in [-0.05, 0) is 48.2 Å². The highest BCUT2D eigenvalue weighted by Crippen LogP contribution is 2.18. The van der Waals surface area contributed by atoms with Crippen LogP contribution in [-0.2, 0) is 22.6 Å². The predicted molar refractivity (Wildman–Crippen MR) is 110 cm³/mol. The first-order valence-corrected chi connectivity index (χ1v) is 9.65. The molecule has 1 saturated heterocycles. The number of aromatic nitrogens is 1. The second-order valence-corrected chi connectivity index (χ2v) is 6.77. The van der Waals surface area contributed by atoms with Crippen molar-refractivity contribution in [2.24, 2.45) is 0 Å². The van der Waals surface area contributed by atoms with Crippen molar-refractivity contribution in [2.75, 3.05) is 43.6 Å². The number of hydrogen-bond acceptors (Lipinski definition) is 5. The van der Waals surface area contributed by atoms with Gasteiger partial charge in [-0.3, -0.25) is 0 Å². The average Bonchev–Trinajstić information content (AvgIpc) is 3.25. The first-order valence-electron chi connectivity index (χ1n) is 9.65. The largest absolute Gasteiger partial charge is 0.382 e. The Labute approximate surface area is 166 Å². The van der Waals surface area contributed by atoms with Crippen LogP contribution in [0.2, 0.25) is 0 Å². The Hall–Kier alpha value is -2.64. The van der Waals surface area contributed by atoms with Crippen LogP contribution in [0.3, 0.4) is 0 Å². The van der Waals surface area contributed by atoms with E-state index in [1.807, 2.05) is 36.4 Å². The van der Waals surface area contributed by atoms with Crippen molar-refractivity contribution < 1.29 is 14.3 Å². The zero-order valence-corrected chi connectivity index (χ0v) is 16.3. The van der Waals surface area contributed by atoms with Crippen LogP contribution in [0.15, 0.2) is 42.6 Å². The smallest absolute Gasteiger partial charge is 0.319 e. The van der Waals surface area contributed by atoms with Crippen LogP contribution in [-0.4, -0.2) is 44.4 Å². The summed E-state index contributed by atoms with van der Waals surface area (Å²) in [5.74, 6) is 0.985. The van der Waals surface area contributed by atoms with Gasteiger partial charge in [0.25, 0.3) is 0 Å². The lowest BCUT2D eigenvalue weighted by Crippen LogP contribution is -2.28. The third-order valence-corrected chi connectivity index (χ3v) is 4.58. The summed E-state index contributed by atoms with van der Waals surface area (Å²) in [6.45, 7) is 4.15. The van der Waals surface area contributed by atoms with Gasteiger partial charge in [0.2, 0.25) is 0 Å². The van der Waals surface area contributed by atoms with Gasteiger partial charge in [-0.25, -0.2) is 9.78 Å². The summed E-state index contributed by atoms with van der Waals surface area (Å²) < 4.78 is 10.5. The number of anilines is 2. The highest BCUT2D eigenvalue weighted by molar-refractivity contribution is 5.89. The molecule has 3 rings (SSSR count). The zero-order chi connectivity index (χ0) is 19.6. The standard InChI is InChI=1S/C21H28N4O3/c1-27-11-12-28-16-18-5-4-6-19(13-18)24-21(26)23-15-17-7-8-22-20(14-17)25-9-2-3-10-25/h4-8,13-14H,2-3,9-12,15-16H2,1H3,(H2,23,24,26). The Balaban J connectivity index is 1.47. The van der Waals surface area contributed by atoms with E-state index < -0.39 is 0 Å². The van der Waals surface area contributed by atoms with E-state index in [4.69, 9.17) is 9.47 Å². The topological polar surface area (TPSA) is 75.7 Å². The molecule has 0 aliphatic carbocycles. The number of nitrogens with zero attached hydrogens (tertiary/aromatic N) is 2. The maximum Gasteiger partial charge on any atom is 0.319 e. The number of nitrogens with one attached hydrogen (secondary N) is 2. The molecule has 1 aromatic carbocycles. The van der Waals surface area contributed by atoms with Crippen LogP contribution in [0.4, 0.5) is 16.3 Å². The Morgan fingerprint density at radius 2 is 2.00 bits per heavy atom. The van der Waals surface area contributed by atoms with Gasteiger partial charge in [0.05, 0.1) is 19.8 Å². The number of carbonyl (C=O) groups is 1. The predicted octanol–water partition coefficient (Wildman–Crippen LogP) is 3.17. The van der Waals surface area contributed by atoms with Gasteiger partial charge in [-0.1, -0.05) is 12.1 Å². The first kappa shape index (κ1) is 20.1. The number of amides is 2. The molecule has 0 bridgehead atoms. The molecule has 0 saturated carbocycles. The second kappa shape index (κ2) is 10.6. The number of methoxy groups -OCH3 is 1. The van der Waals surface area contributed by atoms with Crippen LogP contribution < -0.4 is 15.5 Å². The van der Waals surface area contributed by atoms with Gasteiger partial charge < -0.3 is 25.0 Å². The molecule has 2 heterocycles. The molecule has 0 radical (unpaired) electrons. The maximum atomic E-state index is 12.2. The summed E-state index contributed by atoms with van der Waals surface area (Å²) in [5, 5.41) is 5.77. The van der Waals surface area contributed by atoms with Crippen molar-refractivity contribution in [3.05, 3.63) is 53.7 Å².